The molecule has 0 heterocycles. The summed E-state index contributed by atoms with van der Waals surface area (Å²) in [5.74, 6) is -0.0453. The van der Waals surface area contributed by atoms with Crippen molar-refractivity contribution < 1.29 is 9.53 Å². The Morgan fingerprint density at radius 2 is 1.94 bits per heavy atom. The number of carbonyl (C=O) groups is 1. The highest BCUT2D eigenvalue weighted by atomic mass is 35.5. The monoisotopic (exact) mass is 269 g/mol. The second-order valence-electron chi connectivity index (χ2n) is 4.56. The standard InChI is InChI=1S/C14H20ClNO2/c1-10(2)18-9-14(17)16(4)11(3)12-7-5-6-8-13(12)15/h5-8,10-11H,9H2,1-4H3. The highest BCUT2D eigenvalue weighted by Crippen LogP contribution is 2.26. The zero-order valence-corrected chi connectivity index (χ0v) is 12.1. The van der Waals surface area contributed by atoms with Crippen molar-refractivity contribution in [3.8, 4) is 0 Å². The number of hydrogen-bond acceptors (Lipinski definition) is 2. The molecule has 0 spiro atoms. The van der Waals surface area contributed by atoms with E-state index in [2.05, 4.69) is 0 Å². The number of amides is 1. The van der Waals surface area contributed by atoms with E-state index in [4.69, 9.17) is 16.3 Å². The summed E-state index contributed by atoms with van der Waals surface area (Å²) in [4.78, 5) is 13.6. The van der Waals surface area contributed by atoms with Crippen LogP contribution in [0.1, 0.15) is 32.4 Å². The van der Waals surface area contributed by atoms with E-state index in [1.807, 2.05) is 45.0 Å². The molecule has 0 aliphatic heterocycles. The van der Waals surface area contributed by atoms with Gasteiger partial charge < -0.3 is 9.64 Å². The van der Waals surface area contributed by atoms with Crippen LogP contribution >= 0.6 is 11.6 Å². The molecule has 0 saturated carbocycles. The first kappa shape index (κ1) is 15.0. The van der Waals surface area contributed by atoms with Gasteiger partial charge in [0.2, 0.25) is 5.91 Å². The Kier molecular flexibility index (Phi) is 5.63. The molecule has 0 N–H and O–H groups in total. The van der Waals surface area contributed by atoms with Crippen molar-refractivity contribution in [1.29, 1.82) is 0 Å². The van der Waals surface area contributed by atoms with Crippen molar-refractivity contribution in [3.63, 3.8) is 0 Å². The molecule has 0 saturated heterocycles. The SMILES string of the molecule is CC(C)OCC(=O)N(C)C(C)c1ccccc1Cl. The molecule has 0 bridgehead atoms. The third kappa shape index (κ3) is 4.00. The molecule has 1 aromatic carbocycles. The molecule has 1 amide bonds. The van der Waals surface area contributed by atoms with Gasteiger partial charge in [0, 0.05) is 12.1 Å². The first-order valence-electron chi connectivity index (χ1n) is 6.05. The van der Waals surface area contributed by atoms with E-state index in [0.29, 0.717) is 5.02 Å². The van der Waals surface area contributed by atoms with E-state index in [1.165, 1.54) is 0 Å². The summed E-state index contributed by atoms with van der Waals surface area (Å²) in [6.07, 6.45) is 0.0537. The lowest BCUT2D eigenvalue weighted by Crippen LogP contribution is -2.33. The van der Waals surface area contributed by atoms with Crippen molar-refractivity contribution in [2.45, 2.75) is 32.9 Å². The van der Waals surface area contributed by atoms with E-state index in [1.54, 1.807) is 11.9 Å². The smallest absolute Gasteiger partial charge is 0.248 e. The summed E-state index contributed by atoms with van der Waals surface area (Å²) in [6, 6.07) is 7.49. The molecule has 3 nitrogen and oxygen atoms in total. The number of nitrogens with zero attached hydrogens (tertiary/aromatic N) is 1. The van der Waals surface area contributed by atoms with Gasteiger partial charge >= 0.3 is 0 Å². The fourth-order valence-corrected chi connectivity index (χ4v) is 1.87. The van der Waals surface area contributed by atoms with Crippen LogP contribution in [-0.4, -0.2) is 30.6 Å². The average Bonchev–Trinajstić information content (AvgIpc) is 2.34. The number of benzene rings is 1. The largest absolute Gasteiger partial charge is 0.369 e. The Morgan fingerprint density at radius 3 is 2.50 bits per heavy atom. The van der Waals surface area contributed by atoms with Gasteiger partial charge in [-0.15, -0.1) is 0 Å². The zero-order chi connectivity index (χ0) is 13.7. The third-order valence-electron chi connectivity index (χ3n) is 2.87. The van der Waals surface area contributed by atoms with E-state index in [-0.39, 0.29) is 24.7 Å². The van der Waals surface area contributed by atoms with Gasteiger partial charge in [0.25, 0.3) is 0 Å². The maximum atomic E-state index is 11.9. The molecule has 0 radical (unpaired) electrons. The molecule has 0 aliphatic carbocycles. The van der Waals surface area contributed by atoms with Crippen LogP contribution in [0.5, 0.6) is 0 Å². The maximum absolute atomic E-state index is 11.9. The fraction of sp³-hybridized carbons (Fsp3) is 0.500. The first-order chi connectivity index (χ1) is 8.43. The molecule has 1 aromatic rings. The molecule has 100 valence electrons. The highest BCUT2D eigenvalue weighted by Gasteiger charge is 2.19. The van der Waals surface area contributed by atoms with Gasteiger partial charge in [0.15, 0.2) is 0 Å². The second-order valence-corrected chi connectivity index (χ2v) is 4.97. The van der Waals surface area contributed by atoms with Crippen LogP contribution in [0.25, 0.3) is 0 Å². The Hall–Kier alpha value is -1.06. The lowest BCUT2D eigenvalue weighted by Gasteiger charge is -2.26. The van der Waals surface area contributed by atoms with E-state index >= 15 is 0 Å². The minimum absolute atomic E-state index is 0.0453. The van der Waals surface area contributed by atoms with Crippen molar-refractivity contribution >= 4 is 17.5 Å². The van der Waals surface area contributed by atoms with Gasteiger partial charge in [0.05, 0.1) is 12.1 Å². The van der Waals surface area contributed by atoms with E-state index < -0.39 is 0 Å². The van der Waals surface area contributed by atoms with Crippen molar-refractivity contribution in [1.82, 2.24) is 4.90 Å². The van der Waals surface area contributed by atoms with Crippen LogP contribution < -0.4 is 0 Å². The maximum Gasteiger partial charge on any atom is 0.248 e. The first-order valence-corrected chi connectivity index (χ1v) is 6.43. The normalized spacial score (nSPS) is 12.6. The van der Waals surface area contributed by atoms with Crippen LogP contribution in [-0.2, 0) is 9.53 Å². The van der Waals surface area contributed by atoms with Crippen LogP contribution in [0, 0.1) is 0 Å². The van der Waals surface area contributed by atoms with E-state index in [9.17, 15) is 4.79 Å². The van der Waals surface area contributed by atoms with Gasteiger partial charge in [-0.1, -0.05) is 29.8 Å². The topological polar surface area (TPSA) is 29.5 Å². The molecule has 0 aromatic heterocycles. The molecule has 0 fully saturated rings. The third-order valence-corrected chi connectivity index (χ3v) is 3.21. The number of carbonyl (C=O) groups excluding carboxylic acids is 1. The summed E-state index contributed by atoms with van der Waals surface area (Å²) < 4.78 is 5.32. The van der Waals surface area contributed by atoms with Gasteiger partial charge in [-0.3, -0.25) is 4.79 Å². The van der Waals surface area contributed by atoms with Gasteiger partial charge in [0.1, 0.15) is 6.61 Å². The summed E-state index contributed by atoms with van der Waals surface area (Å²) in [5.41, 5.74) is 0.944. The van der Waals surface area contributed by atoms with Crippen LogP contribution in [0.3, 0.4) is 0 Å². The Bertz CT molecular complexity index is 407. The zero-order valence-electron chi connectivity index (χ0n) is 11.3. The molecule has 0 aliphatic rings. The number of ether oxygens (including phenoxy) is 1. The Morgan fingerprint density at radius 1 is 1.33 bits per heavy atom. The average molecular weight is 270 g/mol. The number of rotatable bonds is 5. The minimum atomic E-state index is -0.0676. The number of likely N-dealkylation sites (N-methyl/N-ethyl adjacent to an activating group) is 1. The fourth-order valence-electron chi connectivity index (χ4n) is 1.58. The molecule has 1 unspecified atom stereocenters. The second kappa shape index (κ2) is 6.76. The van der Waals surface area contributed by atoms with Crippen molar-refractivity contribution in [2.24, 2.45) is 0 Å². The number of halogens is 1. The summed E-state index contributed by atoms with van der Waals surface area (Å²) in [5, 5.41) is 0.675. The van der Waals surface area contributed by atoms with Crippen molar-refractivity contribution in [3.05, 3.63) is 34.9 Å². The predicted molar refractivity (Wildman–Crippen MR) is 73.7 cm³/mol. The van der Waals surface area contributed by atoms with Crippen LogP contribution in [0.15, 0.2) is 24.3 Å². The number of hydrogen-bond donors (Lipinski definition) is 0. The Balaban J connectivity index is 2.69. The predicted octanol–water partition coefficient (Wildman–Crippen LogP) is 3.28. The molecular formula is C14H20ClNO2. The van der Waals surface area contributed by atoms with Gasteiger partial charge in [-0.2, -0.15) is 0 Å². The molecule has 18 heavy (non-hydrogen) atoms. The summed E-state index contributed by atoms with van der Waals surface area (Å²) in [6.45, 7) is 5.87. The molecule has 4 heteroatoms. The summed E-state index contributed by atoms with van der Waals surface area (Å²) in [7, 11) is 1.76. The quantitative estimate of drug-likeness (QED) is 0.821. The van der Waals surface area contributed by atoms with Gasteiger partial charge in [-0.25, -0.2) is 0 Å². The summed E-state index contributed by atoms with van der Waals surface area (Å²) >= 11 is 6.13. The van der Waals surface area contributed by atoms with E-state index in [0.717, 1.165) is 5.56 Å². The van der Waals surface area contributed by atoms with Gasteiger partial charge in [-0.05, 0) is 32.4 Å². The van der Waals surface area contributed by atoms with Crippen LogP contribution in [0.2, 0.25) is 5.02 Å². The van der Waals surface area contributed by atoms with Crippen LogP contribution in [0.4, 0.5) is 0 Å². The molecular weight excluding hydrogens is 250 g/mol. The van der Waals surface area contributed by atoms with Crippen molar-refractivity contribution in [2.75, 3.05) is 13.7 Å². The Labute approximate surface area is 114 Å². The lowest BCUT2D eigenvalue weighted by atomic mass is 10.1. The molecule has 1 rings (SSSR count). The molecule has 1 atom stereocenters. The minimum Gasteiger partial charge on any atom is -0.369 e. The lowest BCUT2D eigenvalue weighted by molar-refractivity contribution is -0.138. The highest BCUT2D eigenvalue weighted by molar-refractivity contribution is 6.31.